The number of hydrogen-bond acceptors (Lipinski definition) is 4. The van der Waals surface area contributed by atoms with E-state index in [1.54, 1.807) is 6.33 Å². The van der Waals surface area contributed by atoms with E-state index in [-0.39, 0.29) is 0 Å². The fourth-order valence-corrected chi connectivity index (χ4v) is 1.88. The van der Waals surface area contributed by atoms with Gasteiger partial charge in [-0.1, -0.05) is 19.8 Å². The van der Waals surface area contributed by atoms with Crippen LogP contribution in [0, 0.1) is 6.92 Å². The van der Waals surface area contributed by atoms with Crippen LogP contribution in [0.3, 0.4) is 0 Å². The summed E-state index contributed by atoms with van der Waals surface area (Å²) in [6.07, 6.45) is 5.23. The van der Waals surface area contributed by atoms with Crippen LogP contribution in [0.1, 0.15) is 45.6 Å². The van der Waals surface area contributed by atoms with Crippen LogP contribution in [-0.4, -0.2) is 22.6 Å². The first kappa shape index (κ1) is 13.7. The molecule has 17 heavy (non-hydrogen) atoms. The Morgan fingerprint density at radius 2 is 2.00 bits per heavy atom. The van der Waals surface area contributed by atoms with Gasteiger partial charge in [0.05, 0.1) is 0 Å². The zero-order valence-electron chi connectivity index (χ0n) is 11.4. The van der Waals surface area contributed by atoms with Gasteiger partial charge in [0.1, 0.15) is 18.0 Å². The van der Waals surface area contributed by atoms with Crippen molar-refractivity contribution in [1.29, 1.82) is 0 Å². The molecule has 0 aliphatic heterocycles. The van der Waals surface area contributed by atoms with Gasteiger partial charge in [0.2, 0.25) is 0 Å². The number of nitrogen functional groups attached to an aromatic ring is 1. The fraction of sp³-hybridized carbons (Fsp3) is 0.692. The maximum atomic E-state index is 5.84. The smallest absolute Gasteiger partial charge is 0.137 e. The summed E-state index contributed by atoms with van der Waals surface area (Å²) in [4.78, 5) is 10.7. The largest absolute Gasteiger partial charge is 0.383 e. The minimum Gasteiger partial charge on any atom is -0.383 e. The maximum absolute atomic E-state index is 5.84. The summed E-state index contributed by atoms with van der Waals surface area (Å²) in [7, 11) is 0. The van der Waals surface area contributed by atoms with Gasteiger partial charge in [-0.3, -0.25) is 0 Å². The van der Waals surface area contributed by atoms with Gasteiger partial charge in [0, 0.05) is 18.2 Å². The average molecular weight is 236 g/mol. The standard InChI is InChI=1S/C13H24N4/c1-5-6-7-8-17(10(2)3)13-11(4)12(14)15-9-16-13/h9-10H,5-8H2,1-4H3,(H2,14,15,16). The van der Waals surface area contributed by atoms with E-state index in [4.69, 9.17) is 5.73 Å². The molecule has 0 spiro atoms. The molecule has 2 N–H and O–H groups in total. The lowest BCUT2D eigenvalue weighted by atomic mass is 10.2. The van der Waals surface area contributed by atoms with Gasteiger partial charge in [-0.15, -0.1) is 0 Å². The Labute approximate surface area is 104 Å². The molecule has 0 bridgehead atoms. The molecule has 1 aromatic heterocycles. The van der Waals surface area contributed by atoms with Crippen LogP contribution < -0.4 is 10.6 Å². The molecular weight excluding hydrogens is 212 g/mol. The van der Waals surface area contributed by atoms with Gasteiger partial charge < -0.3 is 10.6 Å². The quantitative estimate of drug-likeness (QED) is 0.772. The normalized spacial score (nSPS) is 10.9. The topological polar surface area (TPSA) is 55.0 Å². The lowest BCUT2D eigenvalue weighted by Gasteiger charge is -2.29. The molecule has 1 aromatic rings. The Morgan fingerprint density at radius 1 is 1.29 bits per heavy atom. The van der Waals surface area contributed by atoms with Crippen LogP contribution in [0.4, 0.5) is 11.6 Å². The second kappa shape index (κ2) is 6.42. The minimum atomic E-state index is 0.430. The van der Waals surface area contributed by atoms with Crippen molar-refractivity contribution >= 4 is 11.6 Å². The van der Waals surface area contributed by atoms with Crippen LogP contribution in [0.15, 0.2) is 6.33 Å². The highest BCUT2D eigenvalue weighted by molar-refractivity contribution is 5.55. The third-order valence-electron chi connectivity index (χ3n) is 2.99. The summed E-state index contributed by atoms with van der Waals surface area (Å²) in [5, 5.41) is 0. The number of anilines is 2. The lowest BCUT2D eigenvalue weighted by Crippen LogP contribution is -2.33. The second-order valence-electron chi connectivity index (χ2n) is 4.70. The third-order valence-corrected chi connectivity index (χ3v) is 2.99. The van der Waals surface area contributed by atoms with Gasteiger partial charge in [-0.2, -0.15) is 0 Å². The fourth-order valence-electron chi connectivity index (χ4n) is 1.88. The van der Waals surface area contributed by atoms with Crippen molar-refractivity contribution in [3.05, 3.63) is 11.9 Å². The molecule has 1 rings (SSSR count). The van der Waals surface area contributed by atoms with Crippen molar-refractivity contribution in [2.24, 2.45) is 0 Å². The Balaban J connectivity index is 2.86. The maximum Gasteiger partial charge on any atom is 0.137 e. The van der Waals surface area contributed by atoms with E-state index in [0.717, 1.165) is 17.9 Å². The second-order valence-corrected chi connectivity index (χ2v) is 4.70. The molecule has 0 aromatic carbocycles. The molecule has 0 fully saturated rings. The molecule has 0 saturated carbocycles. The number of nitrogens with two attached hydrogens (primary N) is 1. The van der Waals surface area contributed by atoms with Crippen molar-refractivity contribution in [3.8, 4) is 0 Å². The van der Waals surface area contributed by atoms with E-state index in [0.29, 0.717) is 11.9 Å². The van der Waals surface area contributed by atoms with E-state index < -0.39 is 0 Å². The summed E-state index contributed by atoms with van der Waals surface area (Å²) in [6, 6.07) is 0.430. The molecule has 4 heteroatoms. The summed E-state index contributed by atoms with van der Waals surface area (Å²) in [5.41, 5.74) is 6.82. The molecule has 0 radical (unpaired) electrons. The molecule has 4 nitrogen and oxygen atoms in total. The van der Waals surface area contributed by atoms with Gasteiger partial charge in [0.25, 0.3) is 0 Å². The van der Waals surface area contributed by atoms with E-state index >= 15 is 0 Å². The van der Waals surface area contributed by atoms with Gasteiger partial charge >= 0.3 is 0 Å². The Hall–Kier alpha value is -1.32. The first-order chi connectivity index (χ1) is 8.07. The van der Waals surface area contributed by atoms with Crippen molar-refractivity contribution in [3.63, 3.8) is 0 Å². The van der Waals surface area contributed by atoms with E-state index in [2.05, 4.69) is 35.6 Å². The first-order valence-electron chi connectivity index (χ1n) is 6.41. The number of aromatic nitrogens is 2. The van der Waals surface area contributed by atoms with Crippen LogP contribution in [-0.2, 0) is 0 Å². The Kier molecular flexibility index (Phi) is 5.19. The third kappa shape index (κ3) is 3.58. The van der Waals surface area contributed by atoms with Gasteiger partial charge in [-0.25, -0.2) is 9.97 Å². The average Bonchev–Trinajstić information content (AvgIpc) is 2.29. The highest BCUT2D eigenvalue weighted by Crippen LogP contribution is 2.22. The highest BCUT2D eigenvalue weighted by Gasteiger charge is 2.15. The molecule has 0 atom stereocenters. The number of rotatable bonds is 6. The summed E-state index contributed by atoms with van der Waals surface area (Å²) >= 11 is 0. The summed E-state index contributed by atoms with van der Waals surface area (Å²) < 4.78 is 0. The summed E-state index contributed by atoms with van der Waals surface area (Å²) in [6.45, 7) is 9.60. The molecule has 96 valence electrons. The molecule has 0 aliphatic rings. The van der Waals surface area contributed by atoms with Crippen molar-refractivity contribution in [2.45, 2.75) is 53.0 Å². The zero-order valence-corrected chi connectivity index (χ0v) is 11.4. The van der Waals surface area contributed by atoms with Crippen molar-refractivity contribution in [1.82, 2.24) is 9.97 Å². The number of unbranched alkanes of at least 4 members (excludes halogenated alkanes) is 2. The first-order valence-corrected chi connectivity index (χ1v) is 6.41. The molecule has 0 saturated heterocycles. The lowest BCUT2D eigenvalue weighted by molar-refractivity contribution is 0.618. The SMILES string of the molecule is CCCCCN(c1ncnc(N)c1C)C(C)C. The zero-order chi connectivity index (χ0) is 12.8. The van der Waals surface area contributed by atoms with Crippen molar-refractivity contribution < 1.29 is 0 Å². The number of hydrogen-bond donors (Lipinski definition) is 1. The number of nitrogens with zero attached hydrogens (tertiary/aromatic N) is 3. The van der Waals surface area contributed by atoms with Crippen LogP contribution in [0.5, 0.6) is 0 Å². The predicted molar refractivity (Wildman–Crippen MR) is 73.2 cm³/mol. The molecular formula is C13H24N4. The molecule has 0 aliphatic carbocycles. The molecule has 0 amide bonds. The van der Waals surface area contributed by atoms with Crippen molar-refractivity contribution in [2.75, 3.05) is 17.2 Å². The van der Waals surface area contributed by atoms with Crippen LogP contribution in [0.2, 0.25) is 0 Å². The molecule has 0 unspecified atom stereocenters. The summed E-state index contributed by atoms with van der Waals surface area (Å²) in [5.74, 6) is 1.56. The van der Waals surface area contributed by atoms with E-state index in [9.17, 15) is 0 Å². The molecule has 1 heterocycles. The Bertz CT molecular complexity index is 349. The van der Waals surface area contributed by atoms with Crippen LogP contribution in [0.25, 0.3) is 0 Å². The Morgan fingerprint density at radius 3 is 2.59 bits per heavy atom. The van der Waals surface area contributed by atoms with E-state index in [1.807, 2.05) is 6.92 Å². The van der Waals surface area contributed by atoms with Gasteiger partial charge in [0.15, 0.2) is 0 Å². The van der Waals surface area contributed by atoms with Crippen LogP contribution >= 0.6 is 0 Å². The highest BCUT2D eigenvalue weighted by atomic mass is 15.2. The minimum absolute atomic E-state index is 0.430. The predicted octanol–water partition coefficient (Wildman–Crippen LogP) is 2.77. The van der Waals surface area contributed by atoms with E-state index in [1.165, 1.54) is 19.3 Å². The van der Waals surface area contributed by atoms with Gasteiger partial charge in [-0.05, 0) is 27.2 Å². The monoisotopic (exact) mass is 236 g/mol.